The first-order valence-corrected chi connectivity index (χ1v) is 7.06. The summed E-state index contributed by atoms with van der Waals surface area (Å²) in [6.45, 7) is 0. The fraction of sp³-hybridized carbons (Fsp3) is 0.0909. The Balaban J connectivity index is 2.46. The van der Waals surface area contributed by atoms with Crippen molar-refractivity contribution in [2.24, 2.45) is 12.2 Å². The van der Waals surface area contributed by atoms with Crippen LogP contribution in [0.4, 0.5) is 5.95 Å². The van der Waals surface area contributed by atoms with E-state index in [1.165, 1.54) is 12.3 Å². The van der Waals surface area contributed by atoms with E-state index in [1.54, 1.807) is 23.7 Å². The van der Waals surface area contributed by atoms with E-state index in [4.69, 9.17) is 15.1 Å². The summed E-state index contributed by atoms with van der Waals surface area (Å²) < 4.78 is 28.7. The smallest absolute Gasteiger partial charge is 0.369 e. The average Bonchev–Trinajstić information content (AvgIpc) is 2.65. The lowest BCUT2D eigenvalue weighted by molar-refractivity contribution is 0.490. The number of aromatic nitrogens is 3. The van der Waals surface area contributed by atoms with Gasteiger partial charge in [0.2, 0.25) is 5.95 Å². The van der Waals surface area contributed by atoms with E-state index in [-0.39, 0.29) is 5.75 Å². The fourth-order valence-corrected chi connectivity index (χ4v) is 2.44. The molecule has 2 aromatic heterocycles. The Morgan fingerprint density at radius 2 is 2.10 bits per heavy atom. The lowest BCUT2D eigenvalue weighted by Gasteiger charge is -2.07. The maximum absolute atomic E-state index is 11.2. The minimum Gasteiger partial charge on any atom is -0.369 e. The van der Waals surface area contributed by atoms with Gasteiger partial charge in [-0.25, -0.2) is 4.98 Å². The van der Waals surface area contributed by atoms with Crippen LogP contribution in [0.2, 0.25) is 0 Å². The highest BCUT2D eigenvalue weighted by molar-refractivity contribution is 7.84. The van der Waals surface area contributed by atoms with Crippen molar-refractivity contribution in [3.63, 3.8) is 0 Å². The molecular weight excluding hydrogens is 282 g/mol. The molecule has 3 aromatic rings. The summed E-state index contributed by atoms with van der Waals surface area (Å²) in [4.78, 5) is 8.36. The molecule has 0 unspecified atom stereocenters. The van der Waals surface area contributed by atoms with E-state index in [0.717, 1.165) is 0 Å². The number of nitrogen functional groups attached to an aromatic ring is 1. The zero-order chi connectivity index (χ0) is 14.5. The summed E-state index contributed by atoms with van der Waals surface area (Å²) in [5.41, 5.74) is 7.37. The topological polar surface area (TPSA) is 126 Å². The van der Waals surface area contributed by atoms with Gasteiger partial charge in [0.1, 0.15) is 11.0 Å². The maximum atomic E-state index is 11.2. The quantitative estimate of drug-likeness (QED) is 0.699. The molecular formula is C11H11N5O3S. The number of hydrogen-bond donors (Lipinski definition) is 2. The summed E-state index contributed by atoms with van der Waals surface area (Å²) in [7, 11) is -2.43. The third-order valence-corrected chi connectivity index (χ3v) is 3.36. The van der Waals surface area contributed by atoms with Gasteiger partial charge in [0.05, 0.1) is 5.52 Å². The Morgan fingerprint density at radius 3 is 2.80 bits per heavy atom. The first-order valence-electron chi connectivity index (χ1n) is 5.58. The molecule has 9 heteroatoms. The number of nitrogens with two attached hydrogens (primary N) is 2. The molecule has 0 amide bonds. The van der Waals surface area contributed by atoms with Crippen LogP contribution < -0.4 is 15.1 Å². The second-order valence-electron chi connectivity index (χ2n) is 4.25. The highest BCUT2D eigenvalue weighted by Crippen LogP contribution is 2.32. The van der Waals surface area contributed by atoms with Gasteiger partial charge >= 0.3 is 10.3 Å². The zero-order valence-corrected chi connectivity index (χ0v) is 11.3. The van der Waals surface area contributed by atoms with E-state index in [2.05, 4.69) is 9.97 Å². The number of anilines is 1. The molecule has 0 bridgehead atoms. The standard InChI is InChI=1S/C11H11N5O3S/c1-16-7-5-8(19-20(13,17)18)10-6(3-2-4-14-10)9(7)15-11(16)12/h2-5H,1H3,(H2,12,15)(H2,13,17,18). The monoisotopic (exact) mass is 293 g/mol. The van der Waals surface area contributed by atoms with Crippen LogP contribution in [0.15, 0.2) is 24.4 Å². The minimum absolute atomic E-state index is 0.0404. The normalized spacial score (nSPS) is 12.1. The molecule has 0 fully saturated rings. The predicted molar refractivity (Wildman–Crippen MR) is 74.2 cm³/mol. The van der Waals surface area contributed by atoms with Crippen molar-refractivity contribution in [1.82, 2.24) is 14.5 Å². The largest absolute Gasteiger partial charge is 0.380 e. The number of benzene rings is 1. The minimum atomic E-state index is -4.14. The molecule has 0 aliphatic heterocycles. The van der Waals surface area contributed by atoms with Crippen LogP contribution >= 0.6 is 0 Å². The molecule has 4 N–H and O–H groups in total. The van der Waals surface area contributed by atoms with Crippen LogP contribution in [0, 0.1) is 0 Å². The third-order valence-electron chi connectivity index (χ3n) is 2.94. The predicted octanol–water partition coefficient (Wildman–Crippen LogP) is 0.286. The Hall–Kier alpha value is -2.39. The number of imidazole rings is 1. The van der Waals surface area contributed by atoms with Crippen molar-refractivity contribution in [2.45, 2.75) is 0 Å². The highest BCUT2D eigenvalue weighted by Gasteiger charge is 2.17. The molecule has 0 aliphatic carbocycles. The van der Waals surface area contributed by atoms with Crippen molar-refractivity contribution in [3.05, 3.63) is 24.4 Å². The first kappa shape index (κ1) is 12.6. The van der Waals surface area contributed by atoms with Crippen molar-refractivity contribution in [1.29, 1.82) is 0 Å². The summed E-state index contributed by atoms with van der Waals surface area (Å²) in [5, 5.41) is 5.56. The molecule has 0 spiro atoms. The molecule has 0 saturated carbocycles. The van der Waals surface area contributed by atoms with E-state index < -0.39 is 10.3 Å². The van der Waals surface area contributed by atoms with Crippen LogP contribution in [0.25, 0.3) is 21.9 Å². The Morgan fingerprint density at radius 1 is 1.35 bits per heavy atom. The van der Waals surface area contributed by atoms with Gasteiger partial charge in [-0.1, -0.05) is 0 Å². The van der Waals surface area contributed by atoms with Crippen molar-refractivity contribution >= 4 is 38.2 Å². The van der Waals surface area contributed by atoms with Gasteiger partial charge in [-0.2, -0.15) is 13.6 Å². The molecule has 20 heavy (non-hydrogen) atoms. The summed E-state index contributed by atoms with van der Waals surface area (Å²) in [5.74, 6) is 0.344. The zero-order valence-electron chi connectivity index (χ0n) is 10.4. The Kier molecular flexibility index (Phi) is 2.56. The number of pyridine rings is 1. The van der Waals surface area contributed by atoms with Crippen LogP contribution in [0.5, 0.6) is 5.75 Å². The van der Waals surface area contributed by atoms with Crippen LogP contribution in [-0.4, -0.2) is 23.0 Å². The van der Waals surface area contributed by atoms with Gasteiger partial charge in [-0.3, -0.25) is 4.98 Å². The Labute approximate surface area is 114 Å². The number of aryl methyl sites for hydroxylation is 1. The van der Waals surface area contributed by atoms with Crippen molar-refractivity contribution < 1.29 is 12.6 Å². The fourth-order valence-electron chi connectivity index (χ4n) is 2.07. The summed E-state index contributed by atoms with van der Waals surface area (Å²) in [6, 6.07) is 4.97. The van der Waals surface area contributed by atoms with Gasteiger partial charge < -0.3 is 14.5 Å². The second kappa shape index (κ2) is 4.05. The molecule has 3 rings (SSSR count). The first-order chi connectivity index (χ1) is 9.37. The van der Waals surface area contributed by atoms with E-state index >= 15 is 0 Å². The van der Waals surface area contributed by atoms with Crippen molar-refractivity contribution in [3.8, 4) is 5.75 Å². The second-order valence-corrected chi connectivity index (χ2v) is 5.40. The molecule has 0 saturated heterocycles. The van der Waals surface area contributed by atoms with E-state index in [1.807, 2.05) is 0 Å². The lowest BCUT2D eigenvalue weighted by Crippen LogP contribution is -2.19. The molecule has 0 atom stereocenters. The van der Waals surface area contributed by atoms with Gasteiger partial charge in [-0.15, -0.1) is 0 Å². The number of fused-ring (bicyclic) bond motifs is 3. The number of hydrogen-bond acceptors (Lipinski definition) is 6. The SMILES string of the molecule is Cn1c(N)nc2c3cccnc3c(OS(N)(=O)=O)cc21. The van der Waals surface area contributed by atoms with Crippen LogP contribution in [0.1, 0.15) is 0 Å². The average molecular weight is 293 g/mol. The molecule has 2 heterocycles. The third kappa shape index (κ3) is 1.92. The van der Waals surface area contributed by atoms with E-state index in [9.17, 15) is 8.42 Å². The van der Waals surface area contributed by atoms with Crippen LogP contribution in [0.3, 0.4) is 0 Å². The van der Waals surface area contributed by atoms with Gasteiger partial charge in [0, 0.05) is 24.7 Å². The molecule has 1 aromatic carbocycles. The van der Waals surface area contributed by atoms with Gasteiger partial charge in [-0.05, 0) is 12.1 Å². The molecule has 104 valence electrons. The Bertz CT molecular complexity index is 932. The lowest BCUT2D eigenvalue weighted by atomic mass is 10.1. The maximum Gasteiger partial charge on any atom is 0.380 e. The summed E-state index contributed by atoms with van der Waals surface area (Å²) in [6.07, 6.45) is 1.52. The van der Waals surface area contributed by atoms with Gasteiger partial charge in [0.25, 0.3) is 0 Å². The molecule has 8 nitrogen and oxygen atoms in total. The van der Waals surface area contributed by atoms with Crippen LogP contribution in [-0.2, 0) is 17.4 Å². The number of rotatable bonds is 2. The van der Waals surface area contributed by atoms with Gasteiger partial charge in [0.15, 0.2) is 5.75 Å². The van der Waals surface area contributed by atoms with Crippen molar-refractivity contribution in [2.75, 3.05) is 5.73 Å². The highest BCUT2D eigenvalue weighted by atomic mass is 32.2. The number of nitrogens with zero attached hydrogens (tertiary/aromatic N) is 3. The molecule has 0 aliphatic rings. The summed E-state index contributed by atoms with van der Waals surface area (Å²) >= 11 is 0. The van der Waals surface area contributed by atoms with E-state index in [0.29, 0.717) is 27.9 Å². The molecule has 0 radical (unpaired) electrons.